The summed E-state index contributed by atoms with van der Waals surface area (Å²) in [7, 11) is 1.83. The second kappa shape index (κ2) is 12.9. The molecule has 2 atom stereocenters. The number of hydrogen-bond donors (Lipinski definition) is 1. The van der Waals surface area contributed by atoms with E-state index in [4.69, 9.17) is 4.74 Å². The number of nitrogens with one attached hydrogen (secondary N) is 1. The number of piperazine rings is 1. The molecular weight excluding hydrogens is 529 g/mol. The van der Waals surface area contributed by atoms with Crippen molar-refractivity contribution in [1.82, 2.24) is 20.0 Å². The van der Waals surface area contributed by atoms with Gasteiger partial charge in [0.05, 0.1) is 0 Å². The SMILES string of the molecule is CN=C(NCc1ccc(CN2CCCC(C)C2)cc1)N1CCN(C(=O)C2CCCO2)CC1.I. The normalized spacial score (nSPS) is 24.5. The van der Waals surface area contributed by atoms with Gasteiger partial charge in [-0.05, 0) is 49.3 Å². The second-order valence-corrected chi connectivity index (χ2v) is 9.51. The van der Waals surface area contributed by atoms with Gasteiger partial charge in [-0.1, -0.05) is 31.2 Å². The molecule has 8 heteroatoms. The average Bonchev–Trinajstić information content (AvgIpc) is 3.36. The minimum absolute atomic E-state index is 0. The van der Waals surface area contributed by atoms with Gasteiger partial charge >= 0.3 is 0 Å². The van der Waals surface area contributed by atoms with Crippen molar-refractivity contribution in [2.45, 2.75) is 51.8 Å². The summed E-state index contributed by atoms with van der Waals surface area (Å²) in [6.45, 7) is 10.4. The van der Waals surface area contributed by atoms with Crippen LogP contribution in [0.15, 0.2) is 29.3 Å². The van der Waals surface area contributed by atoms with E-state index in [1.807, 2.05) is 11.9 Å². The van der Waals surface area contributed by atoms with Crippen LogP contribution >= 0.6 is 24.0 Å². The third-order valence-electron chi connectivity index (χ3n) is 6.93. The number of hydrogen-bond acceptors (Lipinski definition) is 4. The maximum Gasteiger partial charge on any atom is 0.251 e. The molecule has 184 valence electrons. The molecule has 0 spiro atoms. The minimum atomic E-state index is -0.222. The number of guanidine groups is 1. The molecule has 0 aliphatic carbocycles. The number of halogens is 1. The average molecular weight is 570 g/mol. The Morgan fingerprint density at radius 2 is 1.73 bits per heavy atom. The predicted molar refractivity (Wildman–Crippen MR) is 143 cm³/mol. The van der Waals surface area contributed by atoms with Crippen LogP contribution < -0.4 is 5.32 Å². The molecule has 7 nitrogen and oxygen atoms in total. The highest BCUT2D eigenvalue weighted by Gasteiger charge is 2.30. The fourth-order valence-corrected chi connectivity index (χ4v) is 5.08. The van der Waals surface area contributed by atoms with Crippen molar-refractivity contribution in [2.75, 3.05) is 52.9 Å². The van der Waals surface area contributed by atoms with Gasteiger partial charge in [-0.25, -0.2) is 0 Å². The fourth-order valence-electron chi connectivity index (χ4n) is 5.08. The lowest BCUT2D eigenvalue weighted by atomic mass is 9.99. The van der Waals surface area contributed by atoms with Crippen LogP contribution in [0.2, 0.25) is 0 Å². The first-order chi connectivity index (χ1) is 15.6. The van der Waals surface area contributed by atoms with E-state index in [0.717, 1.165) is 64.0 Å². The van der Waals surface area contributed by atoms with Gasteiger partial charge in [-0.15, -0.1) is 24.0 Å². The molecule has 0 radical (unpaired) electrons. The van der Waals surface area contributed by atoms with E-state index in [9.17, 15) is 4.79 Å². The molecule has 1 amide bonds. The highest BCUT2D eigenvalue weighted by Crippen LogP contribution is 2.18. The van der Waals surface area contributed by atoms with Gasteiger partial charge < -0.3 is 19.9 Å². The first-order valence-corrected chi connectivity index (χ1v) is 12.3. The summed E-state index contributed by atoms with van der Waals surface area (Å²) in [5.41, 5.74) is 2.65. The van der Waals surface area contributed by atoms with Crippen LogP contribution in [-0.4, -0.2) is 85.6 Å². The highest BCUT2D eigenvalue weighted by molar-refractivity contribution is 14.0. The van der Waals surface area contributed by atoms with Crippen molar-refractivity contribution < 1.29 is 9.53 Å². The van der Waals surface area contributed by atoms with Crippen LogP contribution in [0.5, 0.6) is 0 Å². The molecule has 1 N–H and O–H groups in total. The lowest BCUT2D eigenvalue weighted by Crippen LogP contribution is -2.55. The topological polar surface area (TPSA) is 60.4 Å². The van der Waals surface area contributed by atoms with Gasteiger partial charge in [0.1, 0.15) is 6.10 Å². The number of aliphatic imine (C=N–C) groups is 1. The molecule has 1 aromatic rings. The molecule has 0 aromatic heterocycles. The smallest absolute Gasteiger partial charge is 0.251 e. The standard InChI is InChI=1S/C25H39N5O2.HI/c1-20-5-3-11-28(18-20)19-22-9-7-21(8-10-22)17-27-25(26-2)30-14-12-29(13-15-30)24(31)23-6-4-16-32-23;/h7-10,20,23H,3-6,11-19H2,1-2H3,(H,26,27);1H. The summed E-state index contributed by atoms with van der Waals surface area (Å²) in [6, 6.07) is 8.96. The van der Waals surface area contributed by atoms with Gasteiger partial charge in [-0.2, -0.15) is 0 Å². The molecule has 3 saturated heterocycles. The molecule has 0 bridgehead atoms. The number of rotatable bonds is 5. The molecule has 33 heavy (non-hydrogen) atoms. The first-order valence-electron chi connectivity index (χ1n) is 12.3. The summed E-state index contributed by atoms with van der Waals surface area (Å²) in [5, 5.41) is 3.50. The van der Waals surface area contributed by atoms with Crippen molar-refractivity contribution >= 4 is 35.8 Å². The Balaban J connectivity index is 0.00000306. The van der Waals surface area contributed by atoms with Crippen molar-refractivity contribution in [3.63, 3.8) is 0 Å². The van der Waals surface area contributed by atoms with Crippen molar-refractivity contribution in [1.29, 1.82) is 0 Å². The maximum atomic E-state index is 12.6. The molecule has 3 heterocycles. The summed E-state index contributed by atoms with van der Waals surface area (Å²) in [6.07, 6.45) is 4.31. The number of nitrogens with zero attached hydrogens (tertiary/aromatic N) is 4. The largest absolute Gasteiger partial charge is 0.368 e. The predicted octanol–water partition coefficient (Wildman–Crippen LogP) is 2.94. The Labute approximate surface area is 215 Å². The van der Waals surface area contributed by atoms with E-state index in [-0.39, 0.29) is 36.0 Å². The number of carbonyl (C=O) groups is 1. The quantitative estimate of drug-likeness (QED) is 0.336. The van der Waals surface area contributed by atoms with Crippen LogP contribution in [-0.2, 0) is 22.6 Å². The van der Waals surface area contributed by atoms with Crippen LogP contribution in [0.4, 0.5) is 0 Å². The van der Waals surface area contributed by atoms with E-state index >= 15 is 0 Å². The third-order valence-corrected chi connectivity index (χ3v) is 6.93. The number of piperidine rings is 1. The van der Waals surface area contributed by atoms with Crippen LogP contribution in [0.25, 0.3) is 0 Å². The number of benzene rings is 1. The van der Waals surface area contributed by atoms with E-state index in [1.54, 1.807) is 0 Å². The van der Waals surface area contributed by atoms with Crippen molar-refractivity contribution in [2.24, 2.45) is 10.9 Å². The van der Waals surface area contributed by atoms with Gasteiger partial charge in [-0.3, -0.25) is 14.7 Å². The molecule has 4 rings (SSSR count). The fraction of sp³-hybridized carbons (Fsp3) is 0.680. The number of ether oxygens (including phenoxy) is 1. The van der Waals surface area contributed by atoms with Crippen molar-refractivity contribution in [3.05, 3.63) is 35.4 Å². The molecule has 0 saturated carbocycles. The zero-order valence-electron chi connectivity index (χ0n) is 20.2. The van der Waals surface area contributed by atoms with E-state index in [1.165, 1.54) is 37.1 Å². The van der Waals surface area contributed by atoms with Gasteiger partial charge in [0, 0.05) is 59.5 Å². The Morgan fingerprint density at radius 1 is 1.03 bits per heavy atom. The molecule has 3 aliphatic rings. The Hall–Kier alpha value is -1.39. The van der Waals surface area contributed by atoms with E-state index in [2.05, 4.69) is 51.3 Å². The number of carbonyl (C=O) groups excluding carboxylic acids is 1. The lowest BCUT2D eigenvalue weighted by Gasteiger charge is -2.37. The van der Waals surface area contributed by atoms with Crippen molar-refractivity contribution in [3.8, 4) is 0 Å². The number of amides is 1. The summed E-state index contributed by atoms with van der Waals surface area (Å²) in [5.74, 6) is 1.87. The Morgan fingerprint density at radius 3 is 2.36 bits per heavy atom. The zero-order valence-corrected chi connectivity index (χ0v) is 22.5. The van der Waals surface area contributed by atoms with Crippen LogP contribution in [0.1, 0.15) is 43.7 Å². The van der Waals surface area contributed by atoms with E-state index in [0.29, 0.717) is 6.61 Å². The summed E-state index contributed by atoms with van der Waals surface area (Å²) >= 11 is 0. The minimum Gasteiger partial charge on any atom is -0.368 e. The molecule has 2 unspecified atom stereocenters. The van der Waals surface area contributed by atoms with Crippen LogP contribution in [0, 0.1) is 5.92 Å². The zero-order chi connectivity index (χ0) is 22.3. The number of likely N-dealkylation sites (tertiary alicyclic amines) is 1. The first kappa shape index (κ1) is 26.2. The molecule has 3 aliphatic heterocycles. The van der Waals surface area contributed by atoms with Gasteiger partial charge in [0.25, 0.3) is 5.91 Å². The Kier molecular flexibility index (Phi) is 10.2. The third kappa shape index (κ3) is 7.29. The summed E-state index contributed by atoms with van der Waals surface area (Å²) in [4.78, 5) is 23.8. The van der Waals surface area contributed by atoms with Crippen LogP contribution in [0.3, 0.4) is 0 Å². The summed E-state index contributed by atoms with van der Waals surface area (Å²) < 4.78 is 5.56. The maximum absolute atomic E-state index is 12.6. The monoisotopic (exact) mass is 569 g/mol. The molecular formula is C25H40IN5O2. The second-order valence-electron chi connectivity index (χ2n) is 9.51. The van der Waals surface area contributed by atoms with Gasteiger partial charge in [0.15, 0.2) is 5.96 Å². The molecule has 3 fully saturated rings. The Bertz CT molecular complexity index is 774. The lowest BCUT2D eigenvalue weighted by molar-refractivity contribution is -0.142. The highest BCUT2D eigenvalue weighted by atomic mass is 127. The van der Waals surface area contributed by atoms with Gasteiger partial charge in [0.2, 0.25) is 0 Å². The van der Waals surface area contributed by atoms with E-state index < -0.39 is 0 Å². The molecule has 1 aromatic carbocycles.